The molecule has 2 unspecified atom stereocenters. The normalized spacial score (nSPS) is 15.3. The lowest BCUT2D eigenvalue weighted by atomic mass is 10.2. The Labute approximate surface area is 214 Å². The zero-order valence-corrected chi connectivity index (χ0v) is 21.2. The Bertz CT molecular complexity index is 1240. The van der Waals surface area contributed by atoms with Gasteiger partial charge in [-0.05, 0) is 28.9 Å². The molecule has 0 saturated carbocycles. The molecule has 2 atom stereocenters. The molecule has 4 rings (SSSR count). The molecule has 4 heterocycles. The van der Waals surface area contributed by atoms with E-state index in [0.717, 1.165) is 48.2 Å². The van der Waals surface area contributed by atoms with Gasteiger partial charge in [0.15, 0.2) is 18.0 Å². The number of carbonyl (C=O) groups is 2. The molecular weight excluding hydrogens is 538 g/mol. The number of anilines is 1. The molecule has 37 heavy (non-hydrogen) atoms. The highest BCUT2D eigenvalue weighted by Gasteiger charge is 2.29. The SMILES string of the molecule is CN1CCN(c2ncc(-c3cccs3)n3nnnc23)CC1.CS(=O)(=O)O.O.O=C(O)C(O)C(O)C(=O)O. The van der Waals surface area contributed by atoms with Crippen LogP contribution in [0.2, 0.25) is 0 Å². The summed E-state index contributed by atoms with van der Waals surface area (Å²) in [6.45, 7) is 3.96. The molecule has 3 aromatic heterocycles. The average molecular weight is 566 g/mol. The monoisotopic (exact) mass is 565 g/mol. The van der Waals surface area contributed by atoms with Crippen molar-refractivity contribution >= 4 is 44.9 Å². The van der Waals surface area contributed by atoms with Gasteiger partial charge in [-0.3, -0.25) is 4.55 Å². The van der Waals surface area contributed by atoms with Crippen molar-refractivity contribution in [3.8, 4) is 10.6 Å². The summed E-state index contributed by atoms with van der Waals surface area (Å²) in [7, 11) is -1.53. The first-order valence-electron chi connectivity index (χ1n) is 10.1. The molecular formula is C18H27N7O10S2. The van der Waals surface area contributed by atoms with Crippen LogP contribution in [0.25, 0.3) is 16.2 Å². The number of piperazine rings is 1. The minimum Gasteiger partial charge on any atom is -0.479 e. The number of hydrogen-bond acceptors (Lipinski definition) is 13. The number of rotatable bonds is 5. The second-order valence-corrected chi connectivity index (χ2v) is 9.86. The Hall–Kier alpha value is -3.33. The van der Waals surface area contributed by atoms with E-state index in [1.807, 2.05) is 17.6 Å². The molecule has 3 aromatic rings. The van der Waals surface area contributed by atoms with Gasteiger partial charge in [-0.2, -0.15) is 12.9 Å². The van der Waals surface area contributed by atoms with E-state index < -0.39 is 34.3 Å². The number of nitrogens with zero attached hydrogens (tertiary/aromatic N) is 7. The summed E-state index contributed by atoms with van der Waals surface area (Å²) in [6, 6.07) is 4.07. The predicted octanol–water partition coefficient (Wildman–Crippen LogP) is -2.44. The number of aliphatic hydroxyl groups excluding tert-OH is 2. The molecule has 0 radical (unpaired) electrons. The first-order chi connectivity index (χ1) is 16.8. The standard InChI is InChI=1S/C13H15N7S.C4H6O6.CH4O3S.H2O/c1-18-4-6-19(7-5-18)12-13-15-16-17-20(13)10(9-14-12)11-3-2-8-21-11;5-1(3(7)8)2(6)4(9)10;1-5(2,3)4;/h2-3,8-9H,4-7H2,1H3;1-2,5-6H,(H,7,8)(H,9,10);1H3,(H,2,3,4);1H2. The van der Waals surface area contributed by atoms with E-state index >= 15 is 0 Å². The highest BCUT2D eigenvalue weighted by Crippen LogP contribution is 2.27. The van der Waals surface area contributed by atoms with Gasteiger partial charge in [0.2, 0.25) is 5.65 Å². The van der Waals surface area contributed by atoms with Gasteiger partial charge in [-0.1, -0.05) is 6.07 Å². The van der Waals surface area contributed by atoms with Gasteiger partial charge in [-0.25, -0.2) is 14.6 Å². The molecule has 19 heteroatoms. The summed E-state index contributed by atoms with van der Waals surface area (Å²) in [6.07, 6.45) is -1.95. The fourth-order valence-electron chi connectivity index (χ4n) is 2.83. The second kappa shape index (κ2) is 13.8. The maximum absolute atomic E-state index is 9.77. The van der Waals surface area contributed by atoms with Crippen molar-refractivity contribution in [3.63, 3.8) is 0 Å². The number of thiophene rings is 1. The lowest BCUT2D eigenvalue weighted by Gasteiger charge is -2.33. The van der Waals surface area contributed by atoms with Crippen molar-refractivity contribution in [3.05, 3.63) is 23.7 Å². The van der Waals surface area contributed by atoms with Crippen molar-refractivity contribution in [2.45, 2.75) is 12.2 Å². The van der Waals surface area contributed by atoms with E-state index in [9.17, 15) is 18.0 Å². The molecule has 0 aliphatic carbocycles. The summed E-state index contributed by atoms with van der Waals surface area (Å²) < 4.78 is 27.7. The van der Waals surface area contributed by atoms with Crippen LogP contribution in [0.5, 0.6) is 0 Å². The largest absolute Gasteiger partial charge is 0.479 e. The van der Waals surface area contributed by atoms with Gasteiger partial charge < -0.3 is 35.7 Å². The molecule has 0 spiro atoms. The molecule has 206 valence electrons. The average Bonchev–Trinajstić information content (AvgIpc) is 3.50. The third kappa shape index (κ3) is 9.57. The maximum atomic E-state index is 9.77. The maximum Gasteiger partial charge on any atom is 0.335 e. The van der Waals surface area contributed by atoms with E-state index in [1.165, 1.54) is 0 Å². The minimum atomic E-state index is -3.67. The summed E-state index contributed by atoms with van der Waals surface area (Å²) >= 11 is 1.66. The van der Waals surface area contributed by atoms with Gasteiger partial charge in [0.25, 0.3) is 10.1 Å². The number of aromatic nitrogens is 5. The van der Waals surface area contributed by atoms with Crippen LogP contribution >= 0.6 is 11.3 Å². The van der Waals surface area contributed by atoms with Crippen LogP contribution in [-0.2, 0) is 19.7 Å². The van der Waals surface area contributed by atoms with Crippen LogP contribution in [0.1, 0.15) is 0 Å². The Balaban J connectivity index is 0.000000362. The lowest BCUT2D eigenvalue weighted by molar-refractivity contribution is -0.165. The van der Waals surface area contributed by atoms with E-state index in [4.69, 9.17) is 25.0 Å². The lowest BCUT2D eigenvalue weighted by Crippen LogP contribution is -2.45. The van der Waals surface area contributed by atoms with Gasteiger partial charge in [0.05, 0.1) is 17.3 Å². The second-order valence-electron chi connectivity index (χ2n) is 7.45. The van der Waals surface area contributed by atoms with Crippen LogP contribution in [0.15, 0.2) is 23.7 Å². The Morgan fingerprint density at radius 2 is 1.62 bits per heavy atom. The zero-order valence-electron chi connectivity index (χ0n) is 19.6. The van der Waals surface area contributed by atoms with Crippen molar-refractivity contribution in [2.75, 3.05) is 44.4 Å². The van der Waals surface area contributed by atoms with E-state index in [2.05, 4.69) is 43.4 Å². The smallest absolute Gasteiger partial charge is 0.335 e. The summed E-state index contributed by atoms with van der Waals surface area (Å²) in [5, 5.41) is 46.7. The molecule has 0 aromatic carbocycles. The third-order valence-corrected chi connectivity index (χ3v) is 5.48. The summed E-state index contributed by atoms with van der Waals surface area (Å²) in [4.78, 5) is 29.9. The van der Waals surface area contributed by atoms with E-state index in [1.54, 1.807) is 15.9 Å². The zero-order chi connectivity index (χ0) is 27.0. The number of fused-ring (bicyclic) bond motifs is 1. The van der Waals surface area contributed by atoms with E-state index in [0.29, 0.717) is 6.26 Å². The van der Waals surface area contributed by atoms with Crippen LogP contribution in [0.4, 0.5) is 5.82 Å². The Morgan fingerprint density at radius 3 is 2.08 bits per heavy atom. The molecule has 1 saturated heterocycles. The Morgan fingerprint density at radius 1 is 1.08 bits per heavy atom. The van der Waals surface area contributed by atoms with Gasteiger partial charge in [-0.15, -0.1) is 16.4 Å². The number of aliphatic carboxylic acids is 2. The highest BCUT2D eigenvalue weighted by molar-refractivity contribution is 7.85. The van der Waals surface area contributed by atoms with Crippen LogP contribution in [-0.4, -0.2) is 132 Å². The predicted molar refractivity (Wildman–Crippen MR) is 130 cm³/mol. The Kier molecular flexibility index (Phi) is 11.9. The third-order valence-electron chi connectivity index (χ3n) is 4.59. The quantitative estimate of drug-likeness (QED) is 0.201. The topological polar surface area (TPSA) is 263 Å². The number of carboxylic acids is 2. The number of carboxylic acid groups (broad SMARTS) is 2. The van der Waals surface area contributed by atoms with E-state index in [-0.39, 0.29) is 5.48 Å². The van der Waals surface area contributed by atoms with Gasteiger partial charge in [0.1, 0.15) is 5.69 Å². The summed E-state index contributed by atoms with van der Waals surface area (Å²) in [5.41, 5.74) is 1.66. The highest BCUT2D eigenvalue weighted by atomic mass is 32.2. The number of aliphatic hydroxyl groups is 2. The molecule has 1 fully saturated rings. The number of tetrazole rings is 1. The molecule has 1 aliphatic rings. The van der Waals surface area contributed by atoms with Crippen molar-refractivity contribution in [1.82, 2.24) is 29.9 Å². The number of hydrogen-bond donors (Lipinski definition) is 5. The van der Waals surface area contributed by atoms with Crippen LogP contribution < -0.4 is 4.90 Å². The molecule has 17 nitrogen and oxygen atoms in total. The molecule has 1 aliphatic heterocycles. The fourth-order valence-corrected chi connectivity index (χ4v) is 3.55. The van der Waals surface area contributed by atoms with Crippen molar-refractivity contribution in [1.29, 1.82) is 0 Å². The fraction of sp³-hybridized carbons (Fsp3) is 0.444. The molecule has 0 bridgehead atoms. The first-order valence-corrected chi connectivity index (χ1v) is 12.8. The minimum absolute atomic E-state index is 0. The molecule has 0 amide bonds. The van der Waals surface area contributed by atoms with Crippen molar-refractivity contribution in [2.24, 2.45) is 0 Å². The van der Waals surface area contributed by atoms with Crippen LogP contribution in [0.3, 0.4) is 0 Å². The number of likely N-dealkylation sites (N-methyl/N-ethyl adjacent to an activating group) is 1. The molecule has 7 N–H and O–H groups in total. The first kappa shape index (κ1) is 31.7. The van der Waals surface area contributed by atoms with Gasteiger partial charge in [0, 0.05) is 26.2 Å². The van der Waals surface area contributed by atoms with Gasteiger partial charge >= 0.3 is 11.9 Å². The van der Waals surface area contributed by atoms with Crippen LogP contribution in [0, 0.1) is 0 Å². The van der Waals surface area contributed by atoms with Crippen molar-refractivity contribution < 1.29 is 48.5 Å². The summed E-state index contributed by atoms with van der Waals surface area (Å²) in [5.74, 6) is -2.67.